The minimum absolute atomic E-state index is 0.0147. The van der Waals surface area contributed by atoms with E-state index in [-0.39, 0.29) is 17.1 Å². The molecule has 3 rings (SSSR count). The molecule has 2 aromatic carbocycles. The molecule has 0 radical (unpaired) electrons. The normalized spacial score (nSPS) is 11.6. The van der Waals surface area contributed by atoms with Crippen LogP contribution in [0.25, 0.3) is 0 Å². The first kappa shape index (κ1) is 19.6. The van der Waals surface area contributed by atoms with E-state index < -0.39 is 0 Å². The first-order valence-electron chi connectivity index (χ1n) is 8.79. The predicted molar refractivity (Wildman–Crippen MR) is 115 cm³/mol. The van der Waals surface area contributed by atoms with Crippen molar-refractivity contribution in [3.05, 3.63) is 66.5 Å². The Bertz CT molecular complexity index is 922. The maximum absolute atomic E-state index is 12.7. The number of nitrogens with one attached hydrogen (secondary N) is 1. The van der Waals surface area contributed by atoms with Gasteiger partial charge in [-0.15, -0.1) is 11.8 Å². The lowest BCUT2D eigenvalue weighted by atomic mass is 10.3. The van der Waals surface area contributed by atoms with Crippen LogP contribution in [0.3, 0.4) is 0 Å². The van der Waals surface area contributed by atoms with Gasteiger partial charge in [0, 0.05) is 18.4 Å². The van der Waals surface area contributed by atoms with Crippen molar-refractivity contribution in [3.8, 4) is 0 Å². The van der Waals surface area contributed by atoms with Gasteiger partial charge in [0.1, 0.15) is 5.82 Å². The van der Waals surface area contributed by atoms with Crippen molar-refractivity contribution >= 4 is 40.9 Å². The van der Waals surface area contributed by atoms with Gasteiger partial charge in [-0.2, -0.15) is 15.0 Å². The molecule has 1 atom stereocenters. The summed E-state index contributed by atoms with van der Waals surface area (Å²) < 4.78 is 0. The van der Waals surface area contributed by atoms with Crippen molar-refractivity contribution in [2.75, 3.05) is 23.0 Å². The Kier molecular flexibility index (Phi) is 6.44. The lowest BCUT2D eigenvalue weighted by molar-refractivity contribution is -0.117. The number of hydrogen-bond donors (Lipinski definition) is 2. The van der Waals surface area contributed by atoms with Crippen LogP contribution in [0.5, 0.6) is 0 Å². The number of amides is 1. The summed E-state index contributed by atoms with van der Waals surface area (Å²) in [7, 11) is 1.78. The Morgan fingerprint density at radius 2 is 1.71 bits per heavy atom. The van der Waals surface area contributed by atoms with Gasteiger partial charge in [-0.25, -0.2) is 0 Å². The van der Waals surface area contributed by atoms with Crippen molar-refractivity contribution in [3.63, 3.8) is 0 Å². The smallest absolute Gasteiger partial charge is 0.239 e. The van der Waals surface area contributed by atoms with Crippen LogP contribution in [0.15, 0.2) is 60.7 Å². The molecule has 1 aromatic heterocycles. The number of hydrogen-bond acceptors (Lipinski definition) is 7. The van der Waals surface area contributed by atoms with Crippen molar-refractivity contribution in [1.29, 1.82) is 0 Å². The van der Waals surface area contributed by atoms with E-state index in [2.05, 4.69) is 20.3 Å². The second kappa shape index (κ2) is 9.18. The molecule has 0 saturated heterocycles. The number of thioether (sulfide) groups is 1. The molecule has 0 aliphatic heterocycles. The molecule has 144 valence electrons. The van der Waals surface area contributed by atoms with Crippen molar-refractivity contribution in [2.45, 2.75) is 17.9 Å². The monoisotopic (exact) mass is 394 g/mol. The van der Waals surface area contributed by atoms with Crippen molar-refractivity contribution in [2.24, 2.45) is 0 Å². The molecule has 7 nitrogen and oxygen atoms in total. The highest BCUT2D eigenvalue weighted by Crippen LogP contribution is 2.21. The molecule has 0 fully saturated rings. The van der Waals surface area contributed by atoms with E-state index in [1.165, 1.54) is 11.8 Å². The molecule has 0 aliphatic carbocycles. The first-order chi connectivity index (χ1) is 13.5. The van der Waals surface area contributed by atoms with Gasteiger partial charge in [0.05, 0.1) is 11.0 Å². The van der Waals surface area contributed by atoms with Crippen molar-refractivity contribution < 1.29 is 4.79 Å². The fraction of sp³-hybridized carbons (Fsp3) is 0.200. The Labute approximate surface area is 168 Å². The SMILES string of the molecule is CC(SCc1nc(N)nc(Nc2ccccc2)n1)C(=O)N(C)c1ccccc1. The lowest BCUT2D eigenvalue weighted by Crippen LogP contribution is -2.33. The molecule has 0 bridgehead atoms. The number of anilines is 4. The molecule has 1 heterocycles. The van der Waals surface area contributed by atoms with Crippen molar-refractivity contribution in [1.82, 2.24) is 15.0 Å². The Morgan fingerprint density at radius 1 is 1.07 bits per heavy atom. The van der Waals surface area contributed by atoms with Crippen LogP contribution in [0.2, 0.25) is 0 Å². The Morgan fingerprint density at radius 3 is 2.39 bits per heavy atom. The van der Waals surface area contributed by atoms with Crippen LogP contribution in [-0.2, 0) is 10.5 Å². The molecule has 0 saturated carbocycles. The van der Waals surface area contributed by atoms with Gasteiger partial charge in [-0.1, -0.05) is 36.4 Å². The first-order valence-corrected chi connectivity index (χ1v) is 9.84. The number of para-hydroxylation sites is 2. The lowest BCUT2D eigenvalue weighted by Gasteiger charge is -2.21. The molecule has 3 N–H and O–H groups in total. The van der Waals surface area contributed by atoms with Gasteiger partial charge in [0.25, 0.3) is 0 Å². The van der Waals surface area contributed by atoms with Gasteiger partial charge in [-0.3, -0.25) is 4.79 Å². The van der Waals surface area contributed by atoms with Gasteiger partial charge in [0.15, 0.2) is 0 Å². The molecule has 1 unspecified atom stereocenters. The van der Waals surface area contributed by atoms with E-state index >= 15 is 0 Å². The number of benzene rings is 2. The van der Waals surface area contributed by atoms with E-state index in [1.54, 1.807) is 11.9 Å². The summed E-state index contributed by atoms with van der Waals surface area (Å²) in [4.78, 5) is 27.0. The average molecular weight is 395 g/mol. The zero-order valence-corrected chi connectivity index (χ0v) is 16.6. The summed E-state index contributed by atoms with van der Waals surface area (Å²) in [6, 6.07) is 19.1. The molecule has 1 amide bonds. The third kappa shape index (κ3) is 5.20. The fourth-order valence-electron chi connectivity index (χ4n) is 2.53. The predicted octanol–water partition coefficient (Wildman–Crippen LogP) is 3.48. The number of carbonyl (C=O) groups excluding carboxylic acids is 1. The number of nitrogens with two attached hydrogens (primary N) is 1. The second-order valence-electron chi connectivity index (χ2n) is 6.11. The quantitative estimate of drug-likeness (QED) is 0.633. The second-order valence-corrected chi connectivity index (χ2v) is 7.44. The van der Waals surface area contributed by atoms with Crippen LogP contribution in [0, 0.1) is 0 Å². The number of nitrogens with zero attached hydrogens (tertiary/aromatic N) is 4. The van der Waals surface area contributed by atoms with Crippen LogP contribution in [-0.4, -0.2) is 33.2 Å². The highest BCUT2D eigenvalue weighted by Gasteiger charge is 2.20. The summed E-state index contributed by atoms with van der Waals surface area (Å²) in [5, 5.41) is 2.85. The minimum atomic E-state index is -0.256. The number of aromatic nitrogens is 3. The van der Waals surface area contributed by atoms with Gasteiger partial charge in [-0.05, 0) is 31.2 Å². The largest absolute Gasteiger partial charge is 0.368 e. The highest BCUT2D eigenvalue weighted by atomic mass is 32.2. The highest BCUT2D eigenvalue weighted by molar-refractivity contribution is 7.99. The summed E-state index contributed by atoms with van der Waals surface area (Å²) in [5.41, 5.74) is 7.54. The molecule has 3 aromatic rings. The summed E-state index contributed by atoms with van der Waals surface area (Å²) in [6.07, 6.45) is 0. The van der Waals surface area contributed by atoms with E-state index in [4.69, 9.17) is 5.73 Å². The molecule has 0 aliphatic rings. The maximum atomic E-state index is 12.7. The van der Waals surface area contributed by atoms with Gasteiger partial charge >= 0.3 is 0 Å². The number of rotatable bonds is 7. The number of nitrogen functional groups attached to an aromatic ring is 1. The van der Waals surface area contributed by atoms with Crippen LogP contribution < -0.4 is 16.0 Å². The third-order valence-electron chi connectivity index (χ3n) is 4.01. The fourth-order valence-corrected chi connectivity index (χ4v) is 3.36. The average Bonchev–Trinajstić information content (AvgIpc) is 2.72. The van der Waals surface area contributed by atoms with E-state index in [0.29, 0.717) is 17.5 Å². The van der Waals surface area contributed by atoms with E-state index in [9.17, 15) is 4.79 Å². The van der Waals surface area contributed by atoms with Gasteiger partial charge < -0.3 is 16.0 Å². The van der Waals surface area contributed by atoms with Crippen LogP contribution >= 0.6 is 11.8 Å². The van der Waals surface area contributed by atoms with Crippen LogP contribution in [0.4, 0.5) is 23.3 Å². The summed E-state index contributed by atoms with van der Waals surface area (Å²) in [6.45, 7) is 1.88. The van der Waals surface area contributed by atoms with E-state index in [1.807, 2.05) is 67.6 Å². The minimum Gasteiger partial charge on any atom is -0.368 e. The van der Waals surface area contributed by atoms with Gasteiger partial charge in [0.2, 0.25) is 17.8 Å². The van der Waals surface area contributed by atoms with E-state index in [0.717, 1.165) is 11.4 Å². The summed E-state index contributed by atoms with van der Waals surface area (Å²) >= 11 is 1.46. The number of carbonyl (C=O) groups is 1. The molecular formula is C20H22N6OS. The third-order valence-corrected chi connectivity index (χ3v) is 5.14. The Hall–Kier alpha value is -3.13. The standard InChI is InChI=1S/C20H22N6OS/c1-14(18(27)26(2)16-11-7-4-8-12-16)28-13-17-23-19(21)25-20(24-17)22-15-9-5-3-6-10-15/h3-12,14H,13H2,1-2H3,(H3,21,22,23,24,25). The molecule has 8 heteroatoms. The zero-order chi connectivity index (χ0) is 19.9. The summed E-state index contributed by atoms with van der Waals surface area (Å²) in [5.74, 6) is 1.52. The van der Waals surface area contributed by atoms with Crippen LogP contribution in [0.1, 0.15) is 12.7 Å². The molecular weight excluding hydrogens is 372 g/mol. The maximum Gasteiger partial charge on any atom is 0.239 e. The molecule has 28 heavy (non-hydrogen) atoms. The Balaban J connectivity index is 1.63. The molecule has 0 spiro atoms. The zero-order valence-electron chi connectivity index (χ0n) is 15.7. The topological polar surface area (TPSA) is 97.0 Å².